The molecule has 2 saturated carbocycles. The maximum absolute atomic E-state index is 12.2. The maximum atomic E-state index is 12.2. The van der Waals surface area contributed by atoms with Crippen LogP contribution in [0.4, 0.5) is 5.69 Å². The summed E-state index contributed by atoms with van der Waals surface area (Å²) in [5, 5.41) is 3.82. The van der Waals surface area contributed by atoms with Gasteiger partial charge in [-0.3, -0.25) is 0 Å². The molecule has 0 aromatic heterocycles. The summed E-state index contributed by atoms with van der Waals surface area (Å²) in [5.41, 5.74) is 4.60. The van der Waals surface area contributed by atoms with Crippen LogP contribution in [0.5, 0.6) is 0 Å². The summed E-state index contributed by atoms with van der Waals surface area (Å²) in [4.78, 5) is 12.2. The molecule has 0 amide bonds. The van der Waals surface area contributed by atoms with E-state index in [0.29, 0.717) is 30.0 Å². The maximum Gasteiger partial charge on any atom is 0.338 e. The molecule has 26 heavy (non-hydrogen) atoms. The molecule has 2 aromatic rings. The molecular weight excluding hydrogens is 322 g/mol. The largest absolute Gasteiger partial charge is 0.462 e. The SMILES string of the molecule is CCOC(=O)c1ccc2c(c1)[C@@H]1[C@H]3CC[C@@H](C3)[C@H]1[C@H](c1ccccc1)N2. The number of nitrogens with one attached hydrogen (secondary N) is 1. The highest BCUT2D eigenvalue weighted by atomic mass is 16.5. The van der Waals surface area contributed by atoms with Gasteiger partial charge in [0.05, 0.1) is 18.2 Å². The van der Waals surface area contributed by atoms with Crippen LogP contribution >= 0.6 is 0 Å². The quantitative estimate of drug-likeness (QED) is 0.780. The molecule has 0 radical (unpaired) electrons. The molecule has 1 heterocycles. The van der Waals surface area contributed by atoms with Crippen molar-refractivity contribution in [1.29, 1.82) is 0 Å². The molecular formula is C23H25NO2. The van der Waals surface area contributed by atoms with Gasteiger partial charge in [-0.05, 0) is 79.2 Å². The Labute approximate surface area is 154 Å². The summed E-state index contributed by atoms with van der Waals surface area (Å²) in [6.07, 6.45) is 4.02. The first-order valence-electron chi connectivity index (χ1n) is 9.89. The lowest BCUT2D eigenvalue weighted by Gasteiger charge is -2.43. The molecule has 2 aromatic carbocycles. The zero-order valence-corrected chi connectivity index (χ0v) is 15.2. The summed E-state index contributed by atoms with van der Waals surface area (Å²) in [6, 6.07) is 17.3. The topological polar surface area (TPSA) is 38.3 Å². The highest BCUT2D eigenvalue weighted by Gasteiger charge is 2.53. The van der Waals surface area contributed by atoms with Crippen molar-refractivity contribution in [2.24, 2.45) is 17.8 Å². The van der Waals surface area contributed by atoms with Gasteiger partial charge in [-0.1, -0.05) is 30.3 Å². The first kappa shape index (κ1) is 15.9. The van der Waals surface area contributed by atoms with E-state index in [1.165, 1.54) is 36.1 Å². The van der Waals surface area contributed by atoms with E-state index in [2.05, 4.69) is 47.8 Å². The summed E-state index contributed by atoms with van der Waals surface area (Å²) >= 11 is 0. The molecule has 0 unspecified atom stereocenters. The number of rotatable bonds is 3. The van der Waals surface area contributed by atoms with Crippen molar-refractivity contribution in [3.63, 3.8) is 0 Å². The van der Waals surface area contributed by atoms with Gasteiger partial charge in [0.1, 0.15) is 0 Å². The van der Waals surface area contributed by atoms with E-state index >= 15 is 0 Å². The van der Waals surface area contributed by atoms with E-state index in [4.69, 9.17) is 4.74 Å². The van der Waals surface area contributed by atoms with Gasteiger partial charge in [-0.25, -0.2) is 4.79 Å². The van der Waals surface area contributed by atoms with Crippen LogP contribution in [-0.2, 0) is 4.74 Å². The van der Waals surface area contributed by atoms with Gasteiger partial charge >= 0.3 is 5.97 Å². The Bertz CT molecular complexity index is 831. The van der Waals surface area contributed by atoms with Gasteiger partial charge in [0.2, 0.25) is 0 Å². The molecule has 1 N–H and O–H groups in total. The van der Waals surface area contributed by atoms with E-state index < -0.39 is 0 Å². The van der Waals surface area contributed by atoms with Crippen molar-refractivity contribution in [3.05, 3.63) is 65.2 Å². The van der Waals surface area contributed by atoms with Crippen molar-refractivity contribution in [1.82, 2.24) is 0 Å². The van der Waals surface area contributed by atoms with Gasteiger partial charge in [0, 0.05) is 5.69 Å². The normalized spacial score (nSPS) is 31.0. The first-order chi connectivity index (χ1) is 12.8. The molecule has 2 bridgehead atoms. The molecule has 3 aliphatic rings. The van der Waals surface area contributed by atoms with Crippen LogP contribution in [0.1, 0.15) is 59.6 Å². The second-order valence-electron chi connectivity index (χ2n) is 7.99. The Morgan fingerprint density at radius 2 is 1.92 bits per heavy atom. The average Bonchev–Trinajstić information content (AvgIpc) is 3.30. The van der Waals surface area contributed by atoms with Crippen LogP contribution in [0.2, 0.25) is 0 Å². The fraction of sp³-hybridized carbons (Fsp3) is 0.435. The van der Waals surface area contributed by atoms with E-state index in [-0.39, 0.29) is 5.97 Å². The van der Waals surface area contributed by atoms with Gasteiger partial charge in [-0.2, -0.15) is 0 Å². The number of carbonyl (C=O) groups is 1. The fourth-order valence-corrected chi connectivity index (χ4v) is 5.82. The Balaban J connectivity index is 1.58. The van der Waals surface area contributed by atoms with Crippen LogP contribution in [0.25, 0.3) is 0 Å². The lowest BCUT2D eigenvalue weighted by molar-refractivity contribution is 0.0526. The first-order valence-corrected chi connectivity index (χ1v) is 9.89. The molecule has 3 nitrogen and oxygen atoms in total. The second kappa shape index (κ2) is 6.15. The van der Waals surface area contributed by atoms with Crippen molar-refractivity contribution >= 4 is 11.7 Å². The Morgan fingerprint density at radius 3 is 2.73 bits per heavy atom. The molecule has 2 aliphatic carbocycles. The zero-order chi connectivity index (χ0) is 17.7. The summed E-state index contributed by atoms with van der Waals surface area (Å²) in [7, 11) is 0. The van der Waals surface area contributed by atoms with Crippen LogP contribution in [0.3, 0.4) is 0 Å². The lowest BCUT2D eigenvalue weighted by Crippen LogP contribution is -2.35. The molecule has 1 aliphatic heterocycles. The Hall–Kier alpha value is -2.29. The highest BCUT2D eigenvalue weighted by molar-refractivity contribution is 5.90. The van der Waals surface area contributed by atoms with Crippen molar-refractivity contribution in [2.75, 3.05) is 11.9 Å². The highest BCUT2D eigenvalue weighted by Crippen LogP contribution is 2.63. The van der Waals surface area contributed by atoms with Crippen molar-refractivity contribution < 1.29 is 9.53 Å². The second-order valence-corrected chi connectivity index (χ2v) is 7.99. The number of esters is 1. The minimum Gasteiger partial charge on any atom is -0.462 e. The van der Waals surface area contributed by atoms with E-state index in [1.54, 1.807) is 0 Å². The smallest absolute Gasteiger partial charge is 0.338 e. The van der Waals surface area contributed by atoms with Crippen LogP contribution in [-0.4, -0.2) is 12.6 Å². The molecule has 134 valence electrons. The Kier molecular flexibility index (Phi) is 3.77. The summed E-state index contributed by atoms with van der Waals surface area (Å²) in [6.45, 7) is 2.27. The van der Waals surface area contributed by atoms with Gasteiger partial charge in [0.15, 0.2) is 0 Å². The average molecular weight is 347 g/mol. The van der Waals surface area contributed by atoms with Gasteiger partial charge < -0.3 is 10.1 Å². The number of fused-ring (bicyclic) bond motifs is 7. The van der Waals surface area contributed by atoms with Crippen LogP contribution in [0, 0.1) is 17.8 Å². The van der Waals surface area contributed by atoms with E-state index in [1.807, 2.05) is 13.0 Å². The minimum atomic E-state index is -0.208. The summed E-state index contributed by atoms with van der Waals surface area (Å²) < 4.78 is 5.22. The predicted molar refractivity (Wildman–Crippen MR) is 102 cm³/mol. The predicted octanol–water partition coefficient (Wildman–Crippen LogP) is 5.16. The number of carbonyl (C=O) groups excluding carboxylic acids is 1. The monoisotopic (exact) mass is 347 g/mol. The standard InChI is InChI=1S/C23H25NO2/c1-2-26-23(25)17-10-11-19-18(13-17)20-15-8-9-16(12-15)21(20)22(24-19)14-6-4-3-5-7-14/h3-7,10-11,13,15-16,20-22,24H,2,8-9,12H2,1H3/t15-,16-,20-,21+,22-/m0/s1. The molecule has 5 rings (SSSR count). The third-order valence-corrected chi connectivity index (χ3v) is 6.76. The fourth-order valence-electron chi connectivity index (χ4n) is 5.82. The molecule has 3 heteroatoms. The van der Waals surface area contributed by atoms with Crippen molar-refractivity contribution in [2.45, 2.75) is 38.1 Å². The third-order valence-electron chi connectivity index (χ3n) is 6.76. The molecule has 0 spiro atoms. The minimum absolute atomic E-state index is 0.208. The van der Waals surface area contributed by atoms with E-state index in [9.17, 15) is 4.79 Å². The molecule has 2 fully saturated rings. The number of anilines is 1. The number of ether oxygens (including phenoxy) is 1. The Morgan fingerprint density at radius 1 is 1.12 bits per heavy atom. The number of benzene rings is 2. The van der Waals surface area contributed by atoms with Gasteiger partial charge in [0.25, 0.3) is 0 Å². The van der Waals surface area contributed by atoms with Crippen molar-refractivity contribution in [3.8, 4) is 0 Å². The van der Waals surface area contributed by atoms with Crippen LogP contribution in [0.15, 0.2) is 48.5 Å². The summed E-state index contributed by atoms with van der Waals surface area (Å²) in [5.74, 6) is 2.53. The van der Waals surface area contributed by atoms with Crippen LogP contribution < -0.4 is 5.32 Å². The zero-order valence-electron chi connectivity index (χ0n) is 15.2. The van der Waals surface area contributed by atoms with Gasteiger partial charge in [-0.15, -0.1) is 0 Å². The number of hydrogen-bond donors (Lipinski definition) is 1. The lowest BCUT2D eigenvalue weighted by atomic mass is 9.68. The number of hydrogen-bond acceptors (Lipinski definition) is 3. The molecule has 0 saturated heterocycles. The third kappa shape index (κ3) is 2.37. The van der Waals surface area contributed by atoms with E-state index in [0.717, 1.165) is 11.8 Å². The molecule has 5 atom stereocenters.